The SMILES string of the molecule is CCOC(C1CC1)C(O)c1cccc(Cl)c1. The highest BCUT2D eigenvalue weighted by Gasteiger charge is 2.37. The topological polar surface area (TPSA) is 29.5 Å². The number of benzene rings is 1. The lowest BCUT2D eigenvalue weighted by molar-refractivity contribution is -0.0461. The highest BCUT2D eigenvalue weighted by Crippen LogP contribution is 2.40. The predicted octanol–water partition coefficient (Wildman–Crippen LogP) is 3.19. The first-order valence-corrected chi connectivity index (χ1v) is 6.15. The van der Waals surface area contributed by atoms with E-state index in [0.717, 1.165) is 18.4 Å². The number of rotatable bonds is 5. The van der Waals surface area contributed by atoms with Gasteiger partial charge >= 0.3 is 0 Å². The van der Waals surface area contributed by atoms with Gasteiger partial charge in [-0.3, -0.25) is 0 Å². The van der Waals surface area contributed by atoms with Crippen molar-refractivity contribution in [2.45, 2.75) is 32.0 Å². The van der Waals surface area contributed by atoms with E-state index in [9.17, 15) is 5.11 Å². The minimum Gasteiger partial charge on any atom is -0.386 e. The van der Waals surface area contributed by atoms with E-state index in [0.29, 0.717) is 17.5 Å². The van der Waals surface area contributed by atoms with E-state index in [1.54, 1.807) is 6.07 Å². The van der Waals surface area contributed by atoms with Crippen molar-refractivity contribution in [2.24, 2.45) is 5.92 Å². The van der Waals surface area contributed by atoms with Crippen LogP contribution in [-0.4, -0.2) is 17.8 Å². The van der Waals surface area contributed by atoms with Crippen molar-refractivity contribution >= 4 is 11.6 Å². The maximum Gasteiger partial charge on any atom is 0.105 e. The van der Waals surface area contributed by atoms with Gasteiger partial charge in [-0.2, -0.15) is 0 Å². The highest BCUT2D eigenvalue weighted by molar-refractivity contribution is 6.30. The lowest BCUT2D eigenvalue weighted by Gasteiger charge is -2.23. The summed E-state index contributed by atoms with van der Waals surface area (Å²) in [6.45, 7) is 2.60. The number of ether oxygens (including phenoxy) is 1. The zero-order valence-electron chi connectivity index (χ0n) is 9.40. The van der Waals surface area contributed by atoms with Gasteiger partial charge in [0.05, 0.1) is 6.10 Å². The van der Waals surface area contributed by atoms with Crippen LogP contribution in [-0.2, 0) is 4.74 Å². The molecule has 1 N–H and O–H groups in total. The molecule has 2 nitrogen and oxygen atoms in total. The summed E-state index contributed by atoms with van der Waals surface area (Å²) >= 11 is 5.91. The van der Waals surface area contributed by atoms with E-state index in [1.165, 1.54) is 0 Å². The van der Waals surface area contributed by atoms with E-state index in [2.05, 4.69) is 0 Å². The molecule has 2 atom stereocenters. The van der Waals surface area contributed by atoms with Crippen LogP contribution in [0.4, 0.5) is 0 Å². The zero-order chi connectivity index (χ0) is 11.5. The van der Waals surface area contributed by atoms with Crippen LogP contribution < -0.4 is 0 Å². The predicted molar refractivity (Wildman–Crippen MR) is 64.5 cm³/mol. The summed E-state index contributed by atoms with van der Waals surface area (Å²) in [5.74, 6) is 0.508. The van der Waals surface area contributed by atoms with Crippen molar-refractivity contribution in [3.63, 3.8) is 0 Å². The lowest BCUT2D eigenvalue weighted by Crippen LogP contribution is -2.24. The van der Waals surface area contributed by atoms with E-state index < -0.39 is 6.10 Å². The first-order chi connectivity index (χ1) is 7.72. The third-order valence-electron chi connectivity index (χ3n) is 2.95. The molecule has 0 spiro atoms. The van der Waals surface area contributed by atoms with Gasteiger partial charge in [-0.15, -0.1) is 0 Å². The largest absolute Gasteiger partial charge is 0.386 e. The Kier molecular flexibility index (Phi) is 3.85. The maximum atomic E-state index is 10.3. The second kappa shape index (κ2) is 5.17. The molecule has 1 aliphatic rings. The van der Waals surface area contributed by atoms with E-state index in [-0.39, 0.29) is 6.10 Å². The molecule has 16 heavy (non-hydrogen) atoms. The molecule has 2 unspecified atom stereocenters. The van der Waals surface area contributed by atoms with Gasteiger partial charge < -0.3 is 9.84 Å². The lowest BCUT2D eigenvalue weighted by atomic mass is 10.0. The summed E-state index contributed by atoms with van der Waals surface area (Å²) in [5.41, 5.74) is 0.845. The average molecular weight is 241 g/mol. The van der Waals surface area contributed by atoms with Crippen LogP contribution in [0.2, 0.25) is 5.02 Å². The molecule has 3 heteroatoms. The first-order valence-electron chi connectivity index (χ1n) is 5.77. The van der Waals surface area contributed by atoms with Gasteiger partial charge in [-0.1, -0.05) is 23.7 Å². The summed E-state index contributed by atoms with van der Waals surface area (Å²) < 4.78 is 5.63. The fraction of sp³-hybridized carbons (Fsp3) is 0.538. The van der Waals surface area contributed by atoms with Gasteiger partial charge in [-0.05, 0) is 43.4 Å². The van der Waals surface area contributed by atoms with Crippen molar-refractivity contribution < 1.29 is 9.84 Å². The Morgan fingerprint density at radius 3 is 2.81 bits per heavy atom. The molecular weight excluding hydrogens is 224 g/mol. The summed E-state index contributed by atoms with van der Waals surface area (Å²) in [7, 11) is 0. The van der Waals surface area contributed by atoms with Crippen LogP contribution in [0, 0.1) is 5.92 Å². The molecule has 2 rings (SSSR count). The van der Waals surface area contributed by atoms with Crippen molar-refractivity contribution in [3.05, 3.63) is 34.9 Å². The summed E-state index contributed by atoms with van der Waals surface area (Å²) in [4.78, 5) is 0. The normalized spacial score (nSPS) is 19.4. The minimum atomic E-state index is -0.564. The fourth-order valence-electron chi connectivity index (χ4n) is 1.98. The van der Waals surface area contributed by atoms with Crippen LogP contribution in [0.5, 0.6) is 0 Å². The Balaban J connectivity index is 2.12. The Morgan fingerprint density at radius 1 is 1.50 bits per heavy atom. The quantitative estimate of drug-likeness (QED) is 0.857. The zero-order valence-corrected chi connectivity index (χ0v) is 10.2. The van der Waals surface area contributed by atoms with Crippen molar-refractivity contribution in [3.8, 4) is 0 Å². The Bertz CT molecular complexity index is 350. The average Bonchev–Trinajstić information content (AvgIpc) is 3.09. The van der Waals surface area contributed by atoms with Crippen molar-refractivity contribution in [1.82, 2.24) is 0 Å². The molecule has 0 bridgehead atoms. The molecule has 0 aliphatic heterocycles. The minimum absolute atomic E-state index is 0.0801. The van der Waals surface area contributed by atoms with Gasteiger partial charge in [0.1, 0.15) is 6.10 Å². The molecule has 0 saturated heterocycles. The smallest absolute Gasteiger partial charge is 0.105 e. The third kappa shape index (κ3) is 2.76. The summed E-state index contributed by atoms with van der Waals surface area (Å²) in [5, 5.41) is 10.9. The summed E-state index contributed by atoms with van der Waals surface area (Å²) in [6, 6.07) is 7.37. The van der Waals surface area contributed by atoms with E-state index in [1.807, 2.05) is 25.1 Å². The second-order valence-corrected chi connectivity index (χ2v) is 4.69. The van der Waals surface area contributed by atoms with Gasteiger partial charge in [0.15, 0.2) is 0 Å². The molecule has 1 fully saturated rings. The highest BCUT2D eigenvalue weighted by atomic mass is 35.5. The number of halogens is 1. The molecule has 0 heterocycles. The molecule has 0 aromatic heterocycles. The van der Waals surface area contributed by atoms with Crippen LogP contribution >= 0.6 is 11.6 Å². The maximum absolute atomic E-state index is 10.3. The van der Waals surface area contributed by atoms with Crippen molar-refractivity contribution in [2.75, 3.05) is 6.61 Å². The van der Waals surface area contributed by atoms with Gasteiger partial charge in [-0.25, -0.2) is 0 Å². The second-order valence-electron chi connectivity index (χ2n) is 4.26. The number of hydrogen-bond acceptors (Lipinski definition) is 2. The fourth-order valence-corrected chi connectivity index (χ4v) is 2.18. The van der Waals surface area contributed by atoms with E-state index in [4.69, 9.17) is 16.3 Å². The third-order valence-corrected chi connectivity index (χ3v) is 3.18. The molecule has 0 radical (unpaired) electrons. The van der Waals surface area contributed by atoms with Crippen molar-refractivity contribution in [1.29, 1.82) is 0 Å². The molecule has 1 saturated carbocycles. The molecule has 88 valence electrons. The van der Waals surface area contributed by atoms with Crippen LogP contribution in [0.15, 0.2) is 24.3 Å². The van der Waals surface area contributed by atoms with Gasteiger partial charge in [0.25, 0.3) is 0 Å². The van der Waals surface area contributed by atoms with Gasteiger partial charge in [0.2, 0.25) is 0 Å². The molecule has 1 aliphatic carbocycles. The standard InChI is InChI=1S/C13H17ClO2/c1-2-16-13(9-6-7-9)12(15)10-4-3-5-11(14)8-10/h3-5,8-9,12-13,15H,2,6-7H2,1H3. The molecule has 1 aromatic rings. The number of hydrogen-bond donors (Lipinski definition) is 1. The Labute approximate surface area is 101 Å². The first kappa shape index (κ1) is 11.9. The summed E-state index contributed by atoms with van der Waals surface area (Å²) in [6.07, 6.45) is 1.67. The molecule has 0 amide bonds. The van der Waals surface area contributed by atoms with Gasteiger partial charge in [0, 0.05) is 11.6 Å². The number of aliphatic hydroxyl groups excluding tert-OH is 1. The molecular formula is C13H17ClO2. The van der Waals surface area contributed by atoms with E-state index >= 15 is 0 Å². The monoisotopic (exact) mass is 240 g/mol. The van der Waals surface area contributed by atoms with Crippen LogP contribution in [0.1, 0.15) is 31.4 Å². The Hall–Kier alpha value is -0.570. The van der Waals surface area contributed by atoms with Crippen LogP contribution in [0.3, 0.4) is 0 Å². The molecule has 1 aromatic carbocycles. The number of aliphatic hydroxyl groups is 1. The van der Waals surface area contributed by atoms with Crippen LogP contribution in [0.25, 0.3) is 0 Å². The Morgan fingerprint density at radius 2 is 2.25 bits per heavy atom.